The van der Waals surface area contributed by atoms with Gasteiger partial charge in [-0.25, -0.2) is 0 Å². The topological polar surface area (TPSA) is 92.5 Å². The van der Waals surface area contributed by atoms with Crippen molar-refractivity contribution in [1.82, 2.24) is 0 Å². The molecule has 1 atom stereocenters. The average Bonchev–Trinajstić information content (AvgIpc) is 2.43. The molecule has 0 radical (unpaired) electrons. The molecule has 0 aliphatic heterocycles. The molecule has 0 aliphatic rings. The third-order valence-corrected chi connectivity index (χ3v) is 3.20. The fraction of sp³-hybridized carbons (Fsp3) is 0.200. The summed E-state index contributed by atoms with van der Waals surface area (Å²) >= 11 is 0. The molecule has 2 aromatic rings. The van der Waals surface area contributed by atoms with Gasteiger partial charge in [0.2, 0.25) is 0 Å². The van der Waals surface area contributed by atoms with Gasteiger partial charge in [-0.15, -0.1) is 0 Å². The highest BCUT2D eigenvalue weighted by molar-refractivity contribution is 5.39. The lowest BCUT2D eigenvalue weighted by atomic mass is 9.85. The van der Waals surface area contributed by atoms with E-state index in [-0.39, 0.29) is 23.5 Å². The number of hydrogen-bond acceptors (Lipinski definition) is 4. The molecule has 0 amide bonds. The number of hydrogen-bond donors (Lipinski definition) is 4. The molecule has 0 saturated heterocycles. The smallest absolute Gasteiger partial charge is 0.115 e. The summed E-state index contributed by atoms with van der Waals surface area (Å²) in [5.74, 6) is 0.371. The predicted molar refractivity (Wildman–Crippen MR) is 75.1 cm³/mol. The molecule has 2 rings (SSSR count). The Morgan fingerprint density at radius 3 is 1.47 bits per heavy atom. The SMILES string of the molecule is NCC(N)C(c1ccc(O)cc1)c1ccc(O)cc1. The fourth-order valence-corrected chi connectivity index (χ4v) is 2.19. The van der Waals surface area contributed by atoms with Crippen molar-refractivity contribution >= 4 is 0 Å². The van der Waals surface area contributed by atoms with E-state index in [2.05, 4.69) is 0 Å². The van der Waals surface area contributed by atoms with Gasteiger partial charge in [-0.3, -0.25) is 0 Å². The van der Waals surface area contributed by atoms with E-state index in [1.807, 2.05) is 24.3 Å². The van der Waals surface area contributed by atoms with Crippen LogP contribution in [0.1, 0.15) is 17.0 Å². The molecule has 0 heterocycles. The van der Waals surface area contributed by atoms with E-state index in [4.69, 9.17) is 11.5 Å². The van der Waals surface area contributed by atoms with E-state index in [0.29, 0.717) is 6.54 Å². The van der Waals surface area contributed by atoms with Gasteiger partial charge in [0, 0.05) is 18.5 Å². The van der Waals surface area contributed by atoms with Crippen molar-refractivity contribution in [3.05, 3.63) is 59.7 Å². The third kappa shape index (κ3) is 3.05. The van der Waals surface area contributed by atoms with Crippen LogP contribution in [0.4, 0.5) is 0 Å². The van der Waals surface area contributed by atoms with Crippen LogP contribution in [0.25, 0.3) is 0 Å². The predicted octanol–water partition coefficient (Wildman–Crippen LogP) is 1.52. The second kappa shape index (κ2) is 5.73. The number of phenolic OH excluding ortho intramolecular Hbond substituents is 2. The quantitative estimate of drug-likeness (QED) is 0.669. The van der Waals surface area contributed by atoms with Crippen molar-refractivity contribution in [2.75, 3.05) is 6.54 Å². The molecule has 6 N–H and O–H groups in total. The van der Waals surface area contributed by atoms with Crippen molar-refractivity contribution in [1.29, 1.82) is 0 Å². The molecule has 0 aromatic heterocycles. The first-order valence-corrected chi connectivity index (χ1v) is 6.15. The molecular weight excluding hydrogens is 240 g/mol. The molecule has 0 bridgehead atoms. The van der Waals surface area contributed by atoms with Gasteiger partial charge in [0.1, 0.15) is 11.5 Å². The Kier molecular flexibility index (Phi) is 4.04. The lowest BCUT2D eigenvalue weighted by molar-refractivity contribution is 0.474. The molecule has 100 valence electrons. The highest BCUT2D eigenvalue weighted by atomic mass is 16.3. The number of benzene rings is 2. The summed E-state index contributed by atoms with van der Waals surface area (Å²) in [6, 6.07) is 13.6. The van der Waals surface area contributed by atoms with E-state index >= 15 is 0 Å². The van der Waals surface area contributed by atoms with Gasteiger partial charge in [0.25, 0.3) is 0 Å². The van der Waals surface area contributed by atoms with Crippen LogP contribution in [0, 0.1) is 0 Å². The minimum absolute atomic E-state index is 0.0637. The number of rotatable bonds is 4. The normalized spacial score (nSPS) is 12.6. The van der Waals surface area contributed by atoms with Crippen LogP contribution < -0.4 is 11.5 Å². The minimum Gasteiger partial charge on any atom is -0.508 e. The Labute approximate surface area is 112 Å². The van der Waals surface area contributed by atoms with Crippen molar-refractivity contribution in [3.63, 3.8) is 0 Å². The van der Waals surface area contributed by atoms with Crippen molar-refractivity contribution in [2.45, 2.75) is 12.0 Å². The molecule has 0 fully saturated rings. The molecule has 2 aromatic carbocycles. The van der Waals surface area contributed by atoms with Crippen LogP contribution >= 0.6 is 0 Å². The average molecular weight is 258 g/mol. The Bertz CT molecular complexity index is 477. The first-order valence-electron chi connectivity index (χ1n) is 6.15. The van der Waals surface area contributed by atoms with Crippen LogP contribution in [-0.2, 0) is 0 Å². The number of aromatic hydroxyl groups is 2. The zero-order chi connectivity index (χ0) is 13.8. The maximum absolute atomic E-state index is 9.35. The fourth-order valence-electron chi connectivity index (χ4n) is 2.19. The summed E-state index contributed by atoms with van der Waals surface area (Å²) in [5.41, 5.74) is 13.8. The van der Waals surface area contributed by atoms with Gasteiger partial charge < -0.3 is 21.7 Å². The monoisotopic (exact) mass is 258 g/mol. The van der Waals surface area contributed by atoms with Crippen LogP contribution in [0.5, 0.6) is 11.5 Å². The van der Waals surface area contributed by atoms with Gasteiger partial charge in [-0.2, -0.15) is 0 Å². The van der Waals surface area contributed by atoms with Crippen molar-refractivity contribution < 1.29 is 10.2 Å². The van der Waals surface area contributed by atoms with E-state index in [0.717, 1.165) is 11.1 Å². The van der Waals surface area contributed by atoms with Gasteiger partial charge in [-0.05, 0) is 35.4 Å². The molecule has 4 nitrogen and oxygen atoms in total. The lowest BCUT2D eigenvalue weighted by Crippen LogP contribution is -2.36. The maximum atomic E-state index is 9.35. The Balaban J connectivity index is 2.41. The highest BCUT2D eigenvalue weighted by Gasteiger charge is 2.20. The first-order chi connectivity index (χ1) is 9.11. The van der Waals surface area contributed by atoms with Crippen LogP contribution in [0.15, 0.2) is 48.5 Å². The van der Waals surface area contributed by atoms with Gasteiger partial charge in [0.15, 0.2) is 0 Å². The number of phenols is 2. The van der Waals surface area contributed by atoms with Crippen LogP contribution in [-0.4, -0.2) is 22.8 Å². The molecule has 0 saturated carbocycles. The minimum atomic E-state index is -0.228. The molecule has 19 heavy (non-hydrogen) atoms. The summed E-state index contributed by atoms with van der Waals surface area (Å²) in [7, 11) is 0. The van der Waals surface area contributed by atoms with Gasteiger partial charge in [0.05, 0.1) is 0 Å². The summed E-state index contributed by atoms with van der Waals surface area (Å²) < 4.78 is 0. The van der Waals surface area contributed by atoms with E-state index < -0.39 is 0 Å². The van der Waals surface area contributed by atoms with Crippen molar-refractivity contribution in [3.8, 4) is 11.5 Å². The van der Waals surface area contributed by atoms with Crippen LogP contribution in [0.3, 0.4) is 0 Å². The largest absolute Gasteiger partial charge is 0.508 e. The van der Waals surface area contributed by atoms with E-state index in [9.17, 15) is 10.2 Å². The summed E-state index contributed by atoms with van der Waals surface area (Å²) in [4.78, 5) is 0. The molecular formula is C15H18N2O2. The standard InChI is InChI=1S/C15H18N2O2/c16-9-14(17)15(10-1-5-12(18)6-2-10)11-3-7-13(19)8-4-11/h1-8,14-15,18-19H,9,16-17H2. The first kappa shape index (κ1) is 13.4. The lowest BCUT2D eigenvalue weighted by Gasteiger charge is -2.24. The molecule has 0 spiro atoms. The Hall–Kier alpha value is -2.04. The molecule has 1 unspecified atom stereocenters. The second-order valence-corrected chi connectivity index (χ2v) is 4.56. The number of nitrogens with two attached hydrogens (primary N) is 2. The van der Waals surface area contributed by atoms with Gasteiger partial charge >= 0.3 is 0 Å². The Morgan fingerprint density at radius 1 is 0.789 bits per heavy atom. The summed E-state index contributed by atoms with van der Waals surface area (Å²) in [6.07, 6.45) is 0. The summed E-state index contributed by atoms with van der Waals surface area (Å²) in [6.45, 7) is 0.354. The Morgan fingerprint density at radius 2 is 1.16 bits per heavy atom. The van der Waals surface area contributed by atoms with E-state index in [1.54, 1.807) is 24.3 Å². The third-order valence-electron chi connectivity index (χ3n) is 3.20. The molecule has 4 heteroatoms. The maximum Gasteiger partial charge on any atom is 0.115 e. The highest BCUT2D eigenvalue weighted by Crippen LogP contribution is 2.29. The van der Waals surface area contributed by atoms with E-state index in [1.165, 1.54) is 0 Å². The van der Waals surface area contributed by atoms with Crippen molar-refractivity contribution in [2.24, 2.45) is 11.5 Å². The zero-order valence-electron chi connectivity index (χ0n) is 10.5. The van der Waals surface area contributed by atoms with Gasteiger partial charge in [-0.1, -0.05) is 24.3 Å². The second-order valence-electron chi connectivity index (χ2n) is 4.56. The zero-order valence-corrected chi connectivity index (χ0v) is 10.5. The molecule has 0 aliphatic carbocycles. The van der Waals surface area contributed by atoms with Crippen LogP contribution in [0.2, 0.25) is 0 Å². The summed E-state index contributed by atoms with van der Waals surface area (Å²) in [5, 5.41) is 18.7.